The zero-order valence-electron chi connectivity index (χ0n) is 23.3. The van der Waals surface area contributed by atoms with Crippen LogP contribution < -0.4 is 10.1 Å². The third-order valence-corrected chi connectivity index (χ3v) is 7.21. The van der Waals surface area contributed by atoms with Crippen LogP contribution in [-0.4, -0.2) is 41.4 Å². The van der Waals surface area contributed by atoms with Crippen LogP contribution in [0, 0.1) is 0 Å². The van der Waals surface area contributed by atoms with Gasteiger partial charge in [-0.25, -0.2) is 0 Å². The van der Waals surface area contributed by atoms with Crippen molar-refractivity contribution in [3.63, 3.8) is 0 Å². The van der Waals surface area contributed by atoms with Gasteiger partial charge in [0.15, 0.2) is 0 Å². The quantitative estimate of drug-likeness (QED) is 0.129. The topological polar surface area (TPSA) is 91.2 Å². The van der Waals surface area contributed by atoms with Gasteiger partial charge in [-0.05, 0) is 83.4 Å². The third kappa shape index (κ3) is 7.90. The second-order valence-corrected chi connectivity index (χ2v) is 10.6. The number of carboxylic acid groups (broad SMARTS) is 1. The summed E-state index contributed by atoms with van der Waals surface area (Å²) in [4.78, 5) is 23.2. The molecule has 42 heavy (non-hydrogen) atoms. The van der Waals surface area contributed by atoms with Crippen molar-refractivity contribution in [1.29, 1.82) is 0 Å². The van der Waals surface area contributed by atoms with Gasteiger partial charge in [0.1, 0.15) is 5.75 Å². The first kappa shape index (κ1) is 30.6. The molecule has 1 unspecified atom stereocenters. The number of nitrogens with one attached hydrogen (secondary N) is 1. The fraction of sp³-hybridized carbons (Fsp3) is 0.182. The number of hydrogen-bond donors (Lipinski definition) is 2. The fourth-order valence-corrected chi connectivity index (χ4v) is 5.00. The molecule has 1 amide bonds. The van der Waals surface area contributed by atoms with E-state index >= 15 is 0 Å². The fourth-order valence-electron chi connectivity index (χ4n) is 4.47. The molecule has 0 heterocycles. The molecule has 0 fully saturated rings. The summed E-state index contributed by atoms with van der Waals surface area (Å²) in [6.07, 6.45) is 1.53. The van der Waals surface area contributed by atoms with Crippen molar-refractivity contribution in [3.8, 4) is 5.75 Å². The van der Waals surface area contributed by atoms with Crippen LogP contribution in [0.1, 0.15) is 46.4 Å². The predicted molar refractivity (Wildman–Crippen MR) is 169 cm³/mol. The van der Waals surface area contributed by atoms with E-state index < -0.39 is 5.97 Å². The molecule has 0 saturated carbocycles. The van der Waals surface area contributed by atoms with Gasteiger partial charge < -0.3 is 15.2 Å². The molecular weight excluding hydrogens is 573 g/mol. The molecule has 2 N–H and O–H groups in total. The number of aliphatic carboxylic acids is 1. The van der Waals surface area contributed by atoms with Crippen molar-refractivity contribution in [3.05, 3.63) is 124 Å². The molecule has 0 bridgehead atoms. The lowest BCUT2D eigenvalue weighted by atomic mass is 10.0. The van der Waals surface area contributed by atoms with E-state index in [-0.39, 0.29) is 24.9 Å². The molecule has 0 radical (unpaired) electrons. The van der Waals surface area contributed by atoms with Crippen LogP contribution >= 0.6 is 23.2 Å². The van der Waals surface area contributed by atoms with E-state index in [2.05, 4.69) is 30.1 Å². The Morgan fingerprint density at radius 2 is 1.64 bits per heavy atom. The van der Waals surface area contributed by atoms with Gasteiger partial charge in [0, 0.05) is 27.7 Å². The predicted octanol–water partition coefficient (Wildman–Crippen LogP) is 7.51. The molecule has 0 aliphatic rings. The molecule has 216 valence electrons. The lowest BCUT2D eigenvalue weighted by Gasteiger charge is -2.28. The van der Waals surface area contributed by atoms with Gasteiger partial charge in [0.05, 0.1) is 31.8 Å². The van der Waals surface area contributed by atoms with E-state index in [1.165, 1.54) is 0 Å². The van der Waals surface area contributed by atoms with E-state index in [0.717, 1.165) is 33.2 Å². The molecule has 0 aliphatic carbocycles. The number of carboxylic acids is 1. The molecule has 0 aromatic heterocycles. The number of carbonyl (C=O) groups is 2. The maximum atomic E-state index is 12.4. The minimum Gasteiger partial charge on any atom is -0.497 e. The Balaban J connectivity index is 1.66. The molecule has 0 aliphatic heterocycles. The van der Waals surface area contributed by atoms with Crippen LogP contribution in [0.4, 0.5) is 0 Å². The van der Waals surface area contributed by atoms with Crippen LogP contribution in [0.5, 0.6) is 5.75 Å². The Labute approximate surface area is 255 Å². The first-order valence-corrected chi connectivity index (χ1v) is 14.0. The van der Waals surface area contributed by atoms with Gasteiger partial charge in [-0.1, -0.05) is 60.1 Å². The van der Waals surface area contributed by atoms with Crippen LogP contribution in [0.15, 0.2) is 96.6 Å². The Bertz CT molecular complexity index is 1620. The Kier molecular flexibility index (Phi) is 10.2. The van der Waals surface area contributed by atoms with Crippen LogP contribution in [0.3, 0.4) is 0 Å². The van der Waals surface area contributed by atoms with Crippen molar-refractivity contribution in [2.24, 2.45) is 5.10 Å². The molecule has 7 nitrogen and oxygen atoms in total. The largest absolute Gasteiger partial charge is 0.497 e. The number of hydrazone groups is 1. The number of methoxy groups -OCH3 is 1. The van der Waals surface area contributed by atoms with E-state index in [1.54, 1.807) is 43.5 Å². The van der Waals surface area contributed by atoms with Crippen molar-refractivity contribution < 1.29 is 19.4 Å². The minimum atomic E-state index is -0.967. The lowest BCUT2D eigenvalue weighted by molar-refractivity contribution is -0.136. The van der Waals surface area contributed by atoms with Crippen LogP contribution in [-0.2, 0) is 11.3 Å². The summed E-state index contributed by atoms with van der Waals surface area (Å²) in [6, 6.07) is 24.4. The number of ether oxygens (including phenoxy) is 1. The lowest BCUT2D eigenvalue weighted by Crippen LogP contribution is -2.26. The van der Waals surface area contributed by atoms with Gasteiger partial charge >= 0.3 is 5.97 Å². The van der Waals surface area contributed by atoms with Gasteiger partial charge in [-0.3, -0.25) is 14.6 Å². The summed E-state index contributed by atoms with van der Waals surface area (Å²) in [5, 5.41) is 21.5. The average molecular weight is 605 g/mol. The number of halogens is 2. The zero-order valence-corrected chi connectivity index (χ0v) is 24.8. The van der Waals surface area contributed by atoms with E-state index in [0.29, 0.717) is 27.9 Å². The average Bonchev–Trinajstić information content (AvgIpc) is 2.97. The van der Waals surface area contributed by atoms with Crippen LogP contribution in [0.25, 0.3) is 10.8 Å². The first-order valence-electron chi connectivity index (χ1n) is 13.3. The van der Waals surface area contributed by atoms with E-state index in [9.17, 15) is 9.59 Å². The Morgan fingerprint density at radius 1 is 0.976 bits per heavy atom. The number of nitrogens with zero attached hydrogens (tertiary/aromatic N) is 2. The van der Waals surface area contributed by atoms with E-state index in [4.69, 9.17) is 38.1 Å². The highest BCUT2D eigenvalue weighted by molar-refractivity contribution is 6.35. The molecule has 9 heteroatoms. The van der Waals surface area contributed by atoms with Gasteiger partial charge in [0.25, 0.3) is 5.91 Å². The summed E-state index contributed by atoms with van der Waals surface area (Å²) in [7, 11) is 1.65. The normalized spacial score (nSPS) is 12.0. The number of rotatable bonds is 12. The molecule has 0 saturated heterocycles. The number of benzene rings is 4. The zero-order chi connectivity index (χ0) is 30.2. The monoisotopic (exact) mass is 603 g/mol. The molecule has 4 rings (SSSR count). The van der Waals surface area contributed by atoms with E-state index in [1.807, 2.05) is 42.3 Å². The highest BCUT2D eigenvalue weighted by Crippen LogP contribution is 2.28. The maximum absolute atomic E-state index is 12.4. The second kappa shape index (κ2) is 14.0. The summed E-state index contributed by atoms with van der Waals surface area (Å²) < 4.78 is 5.36. The number of amides is 1. The highest BCUT2D eigenvalue weighted by Gasteiger charge is 2.18. The number of hydrogen-bond acceptors (Lipinski definition) is 5. The van der Waals surface area contributed by atoms with Gasteiger partial charge in [-0.15, -0.1) is 0 Å². The van der Waals surface area contributed by atoms with Gasteiger partial charge in [-0.2, -0.15) is 5.10 Å². The van der Waals surface area contributed by atoms with Crippen molar-refractivity contribution >= 4 is 51.6 Å². The van der Waals surface area contributed by atoms with Crippen molar-refractivity contribution in [1.82, 2.24) is 10.3 Å². The smallest absolute Gasteiger partial charge is 0.305 e. The Hall–Kier alpha value is -4.33. The Morgan fingerprint density at radius 3 is 2.29 bits per heavy atom. The number of fused-ring (bicyclic) bond motifs is 1. The molecule has 4 aromatic carbocycles. The molecular formula is C33H31Cl2N3O4. The molecule has 4 aromatic rings. The maximum Gasteiger partial charge on any atom is 0.305 e. The van der Waals surface area contributed by atoms with Crippen molar-refractivity contribution in [2.75, 3.05) is 13.7 Å². The summed E-state index contributed by atoms with van der Waals surface area (Å²) in [5.41, 5.74) is 3.76. The number of carbonyl (C=O) groups excluding carboxylic acids is 1. The SMILES string of the molecule is C=C/C(=N\N(Cc1ccc2cc(OC)ccc2c1)C(C)c1ccc(C(=O)NCCC(=O)O)cc1)c1cc(Cl)cc(Cl)c1. The van der Waals surface area contributed by atoms with Crippen molar-refractivity contribution in [2.45, 2.75) is 25.9 Å². The minimum absolute atomic E-state index is 0.0607. The number of allylic oxidation sites excluding steroid dienone is 1. The molecule has 1 atom stereocenters. The second-order valence-electron chi connectivity index (χ2n) is 9.69. The standard InChI is InChI=1S/C33H31Cl2N3O4/c1-4-31(27-16-28(34)19-29(35)17-27)37-38(20-22-5-6-26-18-30(42-3)12-11-25(26)15-22)21(2)23-7-9-24(10-8-23)33(41)36-14-13-32(39)40/h4-12,15-19,21H,1,13-14,20H2,2-3H3,(H,36,41)(H,39,40)/b37-31+. The highest BCUT2D eigenvalue weighted by atomic mass is 35.5. The molecule has 0 spiro atoms. The summed E-state index contributed by atoms with van der Waals surface area (Å²) >= 11 is 12.6. The summed E-state index contributed by atoms with van der Waals surface area (Å²) in [5.74, 6) is -0.500. The summed E-state index contributed by atoms with van der Waals surface area (Å²) in [6.45, 7) is 6.55. The third-order valence-electron chi connectivity index (χ3n) is 6.77. The van der Waals surface area contributed by atoms with Gasteiger partial charge in [0.2, 0.25) is 0 Å². The van der Waals surface area contributed by atoms with Crippen LogP contribution in [0.2, 0.25) is 10.0 Å². The first-order chi connectivity index (χ1) is 20.2.